The highest BCUT2D eigenvalue weighted by molar-refractivity contribution is 5.34. The molecule has 1 aliphatic carbocycles. The van der Waals surface area contributed by atoms with Gasteiger partial charge in [-0.05, 0) is 38.3 Å². The van der Waals surface area contributed by atoms with Gasteiger partial charge >= 0.3 is 0 Å². The van der Waals surface area contributed by atoms with Crippen LogP contribution in [0.25, 0.3) is 0 Å². The number of rotatable bonds is 8. The number of nitrogens with zero attached hydrogens (tertiary/aromatic N) is 2. The lowest BCUT2D eigenvalue weighted by Crippen LogP contribution is -2.27. The van der Waals surface area contributed by atoms with Crippen LogP contribution in [0.15, 0.2) is 18.2 Å². The normalized spacial score (nSPS) is 14.8. The quantitative estimate of drug-likeness (QED) is 0.452. The van der Waals surface area contributed by atoms with Gasteiger partial charge in [0.2, 0.25) is 0 Å². The number of halogens is 1. The number of hydrogen-bond donors (Lipinski definition) is 1. The molecule has 0 amide bonds. The first kappa shape index (κ1) is 14.9. The summed E-state index contributed by atoms with van der Waals surface area (Å²) in [6.45, 7) is 1.46. The van der Waals surface area contributed by atoms with Crippen LogP contribution in [-0.4, -0.2) is 34.1 Å². The maximum Gasteiger partial charge on any atom is 0.272 e. The number of aliphatic hydroxyl groups excluding tert-OH is 1. The second kappa shape index (κ2) is 6.76. The van der Waals surface area contributed by atoms with Crippen LogP contribution in [0, 0.1) is 15.9 Å². The fourth-order valence-electron chi connectivity index (χ4n) is 2.25. The minimum Gasteiger partial charge on any atom is -0.396 e. The van der Waals surface area contributed by atoms with Gasteiger partial charge in [0.05, 0.1) is 11.0 Å². The van der Waals surface area contributed by atoms with Gasteiger partial charge in [-0.25, -0.2) is 4.39 Å². The molecule has 0 heterocycles. The van der Waals surface area contributed by atoms with Crippen LogP contribution >= 0.6 is 0 Å². The Bertz CT molecular complexity index is 477. The molecule has 1 N–H and O–H groups in total. The van der Waals surface area contributed by atoms with Crippen molar-refractivity contribution in [2.24, 2.45) is 0 Å². The van der Waals surface area contributed by atoms with E-state index in [0.29, 0.717) is 18.2 Å². The average Bonchev–Trinajstić information content (AvgIpc) is 3.24. The second-order valence-corrected chi connectivity index (χ2v) is 5.17. The van der Waals surface area contributed by atoms with E-state index < -0.39 is 10.7 Å². The number of unbranched alkanes of at least 4 members (excludes halogenated alkanes) is 1. The molecule has 0 atom stereocenters. The zero-order valence-corrected chi connectivity index (χ0v) is 11.3. The largest absolute Gasteiger partial charge is 0.396 e. The van der Waals surface area contributed by atoms with E-state index in [2.05, 4.69) is 4.90 Å². The lowest BCUT2D eigenvalue weighted by molar-refractivity contribution is -0.385. The molecule has 1 aromatic carbocycles. The van der Waals surface area contributed by atoms with Crippen LogP contribution < -0.4 is 0 Å². The fourth-order valence-corrected chi connectivity index (χ4v) is 2.25. The predicted octanol–water partition coefficient (Wildman–Crippen LogP) is 2.47. The maximum atomic E-state index is 13.9. The Morgan fingerprint density at radius 3 is 2.70 bits per heavy atom. The molecule has 0 bridgehead atoms. The van der Waals surface area contributed by atoms with Gasteiger partial charge in [-0.2, -0.15) is 0 Å². The SMILES string of the molecule is O=[N+]([O-])c1ccc(CN(CCCCO)C2CC2)c(F)c1. The molecule has 0 saturated heterocycles. The Morgan fingerprint density at radius 2 is 2.15 bits per heavy atom. The van der Waals surface area contributed by atoms with Gasteiger partial charge in [0.1, 0.15) is 5.82 Å². The third kappa shape index (κ3) is 3.98. The topological polar surface area (TPSA) is 66.6 Å². The van der Waals surface area contributed by atoms with Crippen molar-refractivity contribution < 1.29 is 14.4 Å². The first-order valence-corrected chi connectivity index (χ1v) is 6.89. The molecule has 1 aliphatic rings. The number of benzene rings is 1. The monoisotopic (exact) mass is 282 g/mol. The van der Waals surface area contributed by atoms with E-state index in [4.69, 9.17) is 5.11 Å². The van der Waals surface area contributed by atoms with Crippen molar-refractivity contribution in [1.82, 2.24) is 4.90 Å². The highest BCUT2D eigenvalue weighted by Crippen LogP contribution is 2.29. The average molecular weight is 282 g/mol. The Balaban J connectivity index is 2.00. The standard InChI is InChI=1S/C14H19FN2O3/c15-14-9-13(17(19)20)4-3-11(14)10-16(12-5-6-12)7-1-2-8-18/h3-4,9,12,18H,1-2,5-8,10H2. The molecule has 110 valence electrons. The van der Waals surface area contributed by atoms with E-state index in [1.807, 2.05) is 0 Å². The van der Waals surface area contributed by atoms with Gasteiger partial charge in [-0.1, -0.05) is 0 Å². The summed E-state index contributed by atoms with van der Waals surface area (Å²) in [4.78, 5) is 12.2. The second-order valence-electron chi connectivity index (χ2n) is 5.17. The van der Waals surface area contributed by atoms with E-state index in [9.17, 15) is 14.5 Å². The number of non-ortho nitro benzene ring substituents is 1. The van der Waals surface area contributed by atoms with Gasteiger partial charge in [-0.3, -0.25) is 15.0 Å². The van der Waals surface area contributed by atoms with E-state index in [0.717, 1.165) is 38.3 Å². The maximum absolute atomic E-state index is 13.9. The molecule has 1 aromatic rings. The summed E-state index contributed by atoms with van der Waals surface area (Å²) in [5.41, 5.74) is 0.274. The van der Waals surface area contributed by atoms with Crippen LogP contribution in [0.2, 0.25) is 0 Å². The molecule has 1 fully saturated rings. The molecule has 0 spiro atoms. The summed E-state index contributed by atoms with van der Waals surface area (Å²) in [6.07, 6.45) is 3.86. The molecular weight excluding hydrogens is 263 g/mol. The Labute approximate surface area is 117 Å². The first-order chi connectivity index (χ1) is 9.61. The van der Waals surface area contributed by atoms with Crippen molar-refractivity contribution in [2.75, 3.05) is 13.2 Å². The van der Waals surface area contributed by atoms with Gasteiger partial charge in [0.25, 0.3) is 5.69 Å². The van der Waals surface area contributed by atoms with Crippen LogP contribution in [0.1, 0.15) is 31.2 Å². The van der Waals surface area contributed by atoms with Gasteiger partial charge in [0.15, 0.2) is 0 Å². The fraction of sp³-hybridized carbons (Fsp3) is 0.571. The zero-order valence-electron chi connectivity index (χ0n) is 11.3. The van der Waals surface area contributed by atoms with Crippen molar-refractivity contribution in [1.29, 1.82) is 0 Å². The number of aliphatic hydroxyl groups is 1. The number of nitro groups is 1. The van der Waals surface area contributed by atoms with Gasteiger partial charge in [-0.15, -0.1) is 0 Å². The molecule has 6 heteroatoms. The number of nitro benzene ring substituents is 1. The Hall–Kier alpha value is -1.53. The van der Waals surface area contributed by atoms with Crippen LogP contribution in [0.4, 0.5) is 10.1 Å². The molecule has 1 saturated carbocycles. The third-order valence-corrected chi connectivity index (χ3v) is 3.54. The van der Waals surface area contributed by atoms with Crippen LogP contribution in [0.3, 0.4) is 0 Å². The highest BCUT2D eigenvalue weighted by atomic mass is 19.1. The Morgan fingerprint density at radius 1 is 1.40 bits per heavy atom. The van der Waals surface area contributed by atoms with Crippen molar-refractivity contribution >= 4 is 5.69 Å². The molecule has 2 rings (SSSR count). The summed E-state index contributed by atoms with van der Waals surface area (Å²) >= 11 is 0. The number of hydrogen-bond acceptors (Lipinski definition) is 4. The van der Waals surface area contributed by atoms with Crippen molar-refractivity contribution in [3.63, 3.8) is 0 Å². The zero-order chi connectivity index (χ0) is 14.5. The third-order valence-electron chi connectivity index (χ3n) is 3.54. The minimum absolute atomic E-state index is 0.171. The van der Waals surface area contributed by atoms with Crippen LogP contribution in [-0.2, 0) is 6.54 Å². The van der Waals surface area contributed by atoms with Crippen LogP contribution in [0.5, 0.6) is 0 Å². The minimum atomic E-state index is -0.591. The van der Waals surface area contributed by atoms with Gasteiger partial charge in [0, 0.05) is 30.8 Å². The smallest absolute Gasteiger partial charge is 0.272 e. The van der Waals surface area contributed by atoms with E-state index in [1.165, 1.54) is 12.1 Å². The summed E-state index contributed by atoms with van der Waals surface area (Å²) in [6, 6.07) is 4.31. The summed E-state index contributed by atoms with van der Waals surface area (Å²) < 4.78 is 13.9. The molecule has 0 aromatic heterocycles. The van der Waals surface area contributed by atoms with E-state index in [1.54, 1.807) is 0 Å². The molecular formula is C14H19FN2O3. The van der Waals surface area contributed by atoms with Crippen molar-refractivity contribution in [2.45, 2.75) is 38.3 Å². The first-order valence-electron chi connectivity index (χ1n) is 6.89. The molecule has 20 heavy (non-hydrogen) atoms. The van der Waals surface area contributed by atoms with Crippen molar-refractivity contribution in [3.8, 4) is 0 Å². The Kier molecular flexibility index (Phi) is 5.03. The van der Waals surface area contributed by atoms with E-state index in [-0.39, 0.29) is 12.3 Å². The molecule has 0 aliphatic heterocycles. The highest BCUT2D eigenvalue weighted by Gasteiger charge is 2.29. The lowest BCUT2D eigenvalue weighted by Gasteiger charge is -2.22. The molecule has 0 radical (unpaired) electrons. The van der Waals surface area contributed by atoms with E-state index >= 15 is 0 Å². The van der Waals surface area contributed by atoms with Crippen molar-refractivity contribution in [3.05, 3.63) is 39.7 Å². The molecule has 5 nitrogen and oxygen atoms in total. The summed E-state index contributed by atoms with van der Waals surface area (Å²) in [5.74, 6) is -0.521. The van der Waals surface area contributed by atoms with Gasteiger partial charge < -0.3 is 5.11 Å². The summed E-state index contributed by atoms with van der Waals surface area (Å²) in [5, 5.41) is 19.4. The lowest BCUT2D eigenvalue weighted by atomic mass is 10.1. The summed E-state index contributed by atoms with van der Waals surface area (Å²) in [7, 11) is 0. The molecule has 0 unspecified atom stereocenters. The predicted molar refractivity (Wildman–Crippen MR) is 72.8 cm³/mol.